The fourth-order valence-corrected chi connectivity index (χ4v) is 1.56. The predicted octanol–water partition coefficient (Wildman–Crippen LogP) is 2.01. The zero-order chi connectivity index (χ0) is 12.8. The van der Waals surface area contributed by atoms with Gasteiger partial charge in [-0.2, -0.15) is 8.78 Å². The summed E-state index contributed by atoms with van der Waals surface area (Å²) in [6.45, 7) is 1.67. The summed E-state index contributed by atoms with van der Waals surface area (Å²) < 4.78 is 29.2. The van der Waals surface area contributed by atoms with Gasteiger partial charge in [-0.05, 0) is 25.0 Å². The van der Waals surface area contributed by atoms with Crippen LogP contribution in [0.15, 0.2) is 24.3 Å². The maximum atomic E-state index is 12.0. The SMILES string of the molecule is COc1ccccc1CC(C)NC(=O)C(F)F. The molecule has 0 heterocycles. The zero-order valence-electron chi connectivity index (χ0n) is 9.74. The summed E-state index contributed by atoms with van der Waals surface area (Å²) >= 11 is 0. The summed E-state index contributed by atoms with van der Waals surface area (Å²) in [5.74, 6) is -0.557. The highest BCUT2D eigenvalue weighted by atomic mass is 19.3. The zero-order valence-corrected chi connectivity index (χ0v) is 9.74. The second kappa shape index (κ2) is 6.18. The van der Waals surface area contributed by atoms with Crippen LogP contribution in [0, 0.1) is 0 Å². The highest BCUT2D eigenvalue weighted by Gasteiger charge is 2.18. The Labute approximate surface area is 98.8 Å². The first-order chi connectivity index (χ1) is 8.04. The minimum Gasteiger partial charge on any atom is -0.496 e. The van der Waals surface area contributed by atoms with E-state index in [9.17, 15) is 13.6 Å². The van der Waals surface area contributed by atoms with Crippen molar-refractivity contribution in [2.75, 3.05) is 7.11 Å². The Kier molecular flexibility index (Phi) is 4.87. The first-order valence-electron chi connectivity index (χ1n) is 5.25. The lowest BCUT2D eigenvalue weighted by atomic mass is 10.1. The number of amides is 1. The average molecular weight is 243 g/mol. The van der Waals surface area contributed by atoms with Crippen LogP contribution < -0.4 is 10.1 Å². The number of hydrogen-bond donors (Lipinski definition) is 1. The molecule has 1 aromatic carbocycles. The lowest BCUT2D eigenvalue weighted by Gasteiger charge is -2.15. The molecule has 0 saturated carbocycles. The summed E-state index contributed by atoms with van der Waals surface area (Å²) in [6, 6.07) is 6.92. The van der Waals surface area contributed by atoms with Gasteiger partial charge in [0.2, 0.25) is 0 Å². The molecule has 0 fully saturated rings. The van der Waals surface area contributed by atoms with E-state index in [0.29, 0.717) is 12.2 Å². The lowest BCUT2D eigenvalue weighted by molar-refractivity contribution is -0.132. The Morgan fingerprint density at radius 2 is 2.06 bits per heavy atom. The molecule has 0 aliphatic heterocycles. The highest BCUT2D eigenvalue weighted by molar-refractivity contribution is 5.79. The molecule has 0 saturated heterocycles. The topological polar surface area (TPSA) is 38.3 Å². The minimum atomic E-state index is -2.98. The lowest BCUT2D eigenvalue weighted by Crippen LogP contribution is -2.37. The number of carbonyl (C=O) groups excluding carboxylic acids is 1. The van der Waals surface area contributed by atoms with Gasteiger partial charge in [-0.1, -0.05) is 18.2 Å². The van der Waals surface area contributed by atoms with Gasteiger partial charge in [-0.25, -0.2) is 0 Å². The van der Waals surface area contributed by atoms with Crippen molar-refractivity contribution >= 4 is 5.91 Å². The third kappa shape index (κ3) is 4.01. The molecule has 3 nitrogen and oxygen atoms in total. The number of para-hydroxylation sites is 1. The fourth-order valence-electron chi connectivity index (χ4n) is 1.56. The van der Waals surface area contributed by atoms with Crippen molar-refractivity contribution in [2.45, 2.75) is 25.8 Å². The van der Waals surface area contributed by atoms with E-state index in [4.69, 9.17) is 4.74 Å². The van der Waals surface area contributed by atoms with Crippen LogP contribution in [0.2, 0.25) is 0 Å². The van der Waals surface area contributed by atoms with Crippen LogP contribution in [0.25, 0.3) is 0 Å². The minimum absolute atomic E-state index is 0.368. The maximum Gasteiger partial charge on any atom is 0.315 e. The number of hydrogen-bond acceptors (Lipinski definition) is 2. The summed E-state index contributed by atoms with van der Waals surface area (Å²) in [7, 11) is 1.54. The third-order valence-electron chi connectivity index (χ3n) is 2.31. The van der Waals surface area contributed by atoms with Crippen molar-refractivity contribution in [2.24, 2.45) is 0 Å². The number of alkyl halides is 2. The molecule has 94 valence electrons. The summed E-state index contributed by atoms with van der Waals surface area (Å²) in [6.07, 6.45) is -2.53. The number of methoxy groups -OCH3 is 1. The van der Waals surface area contributed by atoms with Gasteiger partial charge >= 0.3 is 6.43 Å². The Morgan fingerprint density at radius 3 is 2.65 bits per heavy atom. The predicted molar refractivity (Wildman–Crippen MR) is 60.3 cm³/mol. The molecule has 1 aromatic rings. The molecule has 1 atom stereocenters. The molecule has 0 bridgehead atoms. The van der Waals surface area contributed by atoms with Gasteiger partial charge in [-0.15, -0.1) is 0 Å². The van der Waals surface area contributed by atoms with E-state index in [1.807, 2.05) is 18.2 Å². The van der Waals surface area contributed by atoms with E-state index in [1.54, 1.807) is 20.1 Å². The Bertz CT molecular complexity index is 383. The van der Waals surface area contributed by atoms with E-state index in [0.717, 1.165) is 5.56 Å². The number of rotatable bonds is 5. The molecule has 0 aliphatic rings. The first kappa shape index (κ1) is 13.4. The van der Waals surface area contributed by atoms with E-state index in [-0.39, 0.29) is 6.04 Å². The van der Waals surface area contributed by atoms with Crippen LogP contribution in [-0.2, 0) is 11.2 Å². The fraction of sp³-hybridized carbons (Fsp3) is 0.417. The second-order valence-electron chi connectivity index (χ2n) is 3.73. The molecule has 5 heteroatoms. The smallest absolute Gasteiger partial charge is 0.315 e. The third-order valence-corrected chi connectivity index (χ3v) is 2.31. The Hall–Kier alpha value is -1.65. The Morgan fingerprint density at radius 1 is 1.41 bits per heavy atom. The largest absolute Gasteiger partial charge is 0.496 e. The first-order valence-corrected chi connectivity index (χ1v) is 5.25. The van der Waals surface area contributed by atoms with Gasteiger partial charge in [0.1, 0.15) is 5.75 Å². The monoisotopic (exact) mass is 243 g/mol. The molecule has 0 radical (unpaired) electrons. The standard InChI is InChI=1S/C12H15F2NO2/c1-8(15-12(16)11(13)14)7-9-5-3-4-6-10(9)17-2/h3-6,8,11H,7H2,1-2H3,(H,15,16). The number of nitrogens with one attached hydrogen (secondary N) is 1. The van der Waals surface area contributed by atoms with E-state index in [2.05, 4.69) is 5.32 Å². The van der Waals surface area contributed by atoms with Crippen molar-refractivity contribution in [3.63, 3.8) is 0 Å². The van der Waals surface area contributed by atoms with Gasteiger partial charge in [0.15, 0.2) is 0 Å². The molecule has 17 heavy (non-hydrogen) atoms. The van der Waals surface area contributed by atoms with E-state index in [1.165, 1.54) is 0 Å². The van der Waals surface area contributed by atoms with Crippen molar-refractivity contribution in [3.8, 4) is 5.75 Å². The van der Waals surface area contributed by atoms with Crippen LogP contribution in [-0.4, -0.2) is 25.5 Å². The van der Waals surface area contributed by atoms with Gasteiger partial charge in [0.05, 0.1) is 7.11 Å². The van der Waals surface area contributed by atoms with Crippen LogP contribution in [0.5, 0.6) is 5.75 Å². The molecular formula is C12H15F2NO2. The highest BCUT2D eigenvalue weighted by Crippen LogP contribution is 2.18. The number of ether oxygens (including phenoxy) is 1. The van der Waals surface area contributed by atoms with Crippen molar-refractivity contribution in [3.05, 3.63) is 29.8 Å². The second-order valence-corrected chi connectivity index (χ2v) is 3.73. The molecule has 0 aromatic heterocycles. The van der Waals surface area contributed by atoms with Crippen molar-refractivity contribution in [1.29, 1.82) is 0 Å². The van der Waals surface area contributed by atoms with Crippen LogP contribution in [0.1, 0.15) is 12.5 Å². The number of benzene rings is 1. The van der Waals surface area contributed by atoms with E-state index >= 15 is 0 Å². The summed E-state index contributed by atoms with van der Waals surface area (Å²) in [5, 5.41) is 2.23. The van der Waals surface area contributed by atoms with Crippen LogP contribution in [0.4, 0.5) is 8.78 Å². The number of carbonyl (C=O) groups is 1. The van der Waals surface area contributed by atoms with Crippen molar-refractivity contribution < 1.29 is 18.3 Å². The van der Waals surface area contributed by atoms with Crippen molar-refractivity contribution in [1.82, 2.24) is 5.32 Å². The van der Waals surface area contributed by atoms with Gasteiger partial charge in [0.25, 0.3) is 5.91 Å². The van der Waals surface area contributed by atoms with E-state index < -0.39 is 12.3 Å². The Balaban J connectivity index is 2.61. The molecular weight excluding hydrogens is 228 g/mol. The molecule has 1 N–H and O–H groups in total. The molecule has 0 aliphatic carbocycles. The van der Waals surface area contributed by atoms with Gasteiger partial charge in [0, 0.05) is 6.04 Å². The molecule has 0 spiro atoms. The maximum absolute atomic E-state index is 12.0. The normalized spacial score (nSPS) is 12.3. The van der Waals surface area contributed by atoms with Crippen LogP contribution in [0.3, 0.4) is 0 Å². The quantitative estimate of drug-likeness (QED) is 0.859. The average Bonchev–Trinajstić information content (AvgIpc) is 2.29. The summed E-state index contributed by atoms with van der Waals surface area (Å²) in [4.78, 5) is 10.8. The van der Waals surface area contributed by atoms with Crippen LogP contribution >= 0.6 is 0 Å². The molecule has 1 amide bonds. The molecule has 1 rings (SSSR count). The number of halogens is 2. The molecule has 1 unspecified atom stereocenters. The van der Waals surface area contributed by atoms with Gasteiger partial charge < -0.3 is 10.1 Å². The van der Waals surface area contributed by atoms with Gasteiger partial charge in [-0.3, -0.25) is 4.79 Å². The summed E-state index contributed by atoms with van der Waals surface area (Å²) in [5.41, 5.74) is 0.872.